The van der Waals surface area contributed by atoms with E-state index in [0.717, 1.165) is 0 Å². The summed E-state index contributed by atoms with van der Waals surface area (Å²) in [5, 5.41) is 9.59. The molecular formula is C7H9BrN2O2. The molecule has 4 nitrogen and oxygen atoms in total. The van der Waals surface area contributed by atoms with E-state index in [0.29, 0.717) is 11.2 Å². The lowest BCUT2D eigenvalue weighted by Gasteiger charge is -2.07. The molecule has 66 valence electrons. The van der Waals surface area contributed by atoms with Crippen LogP contribution in [0.2, 0.25) is 0 Å². The lowest BCUT2D eigenvalue weighted by atomic mass is 10.4. The second kappa shape index (κ2) is 5.05. The molecule has 1 atom stereocenters. The quantitative estimate of drug-likeness (QED) is 0.774. The van der Waals surface area contributed by atoms with Crippen molar-refractivity contribution in [3.63, 3.8) is 0 Å². The van der Waals surface area contributed by atoms with Crippen molar-refractivity contribution in [2.45, 2.75) is 6.10 Å². The van der Waals surface area contributed by atoms with Crippen LogP contribution >= 0.6 is 15.9 Å². The average molecular weight is 233 g/mol. The van der Waals surface area contributed by atoms with Crippen LogP contribution in [0.5, 0.6) is 5.88 Å². The van der Waals surface area contributed by atoms with E-state index in [9.17, 15) is 0 Å². The molecule has 12 heavy (non-hydrogen) atoms. The lowest BCUT2D eigenvalue weighted by molar-refractivity contribution is 0.124. The second-order valence-corrected chi connectivity index (χ2v) is 2.81. The molecule has 0 aliphatic heterocycles. The van der Waals surface area contributed by atoms with E-state index in [4.69, 9.17) is 9.84 Å². The van der Waals surface area contributed by atoms with Gasteiger partial charge in [-0.05, 0) is 0 Å². The van der Waals surface area contributed by atoms with Gasteiger partial charge in [-0.2, -0.15) is 0 Å². The van der Waals surface area contributed by atoms with Crippen molar-refractivity contribution < 1.29 is 9.84 Å². The molecule has 0 radical (unpaired) electrons. The number of hydrogen-bond donors (Lipinski definition) is 1. The van der Waals surface area contributed by atoms with Crippen LogP contribution in [0.1, 0.15) is 0 Å². The van der Waals surface area contributed by atoms with Crippen LogP contribution in [0.3, 0.4) is 0 Å². The maximum Gasteiger partial charge on any atom is 0.232 e. The zero-order valence-electron chi connectivity index (χ0n) is 6.35. The largest absolute Gasteiger partial charge is 0.474 e. The number of rotatable bonds is 4. The first-order valence-corrected chi connectivity index (χ1v) is 4.58. The van der Waals surface area contributed by atoms with E-state index >= 15 is 0 Å². The summed E-state index contributed by atoms with van der Waals surface area (Å²) in [5.74, 6) is 0.428. The van der Waals surface area contributed by atoms with Crippen molar-refractivity contribution in [1.82, 2.24) is 9.97 Å². The molecule has 0 amide bonds. The Balaban J connectivity index is 2.33. The third-order valence-corrected chi connectivity index (χ3v) is 1.89. The minimum atomic E-state index is -0.507. The van der Waals surface area contributed by atoms with Gasteiger partial charge in [0, 0.05) is 17.7 Å². The highest BCUT2D eigenvalue weighted by Gasteiger charge is 2.02. The Bertz CT molecular complexity index is 220. The summed E-state index contributed by atoms with van der Waals surface area (Å²) in [6.07, 6.45) is 4.09. The van der Waals surface area contributed by atoms with Crippen molar-refractivity contribution in [2.75, 3.05) is 11.9 Å². The van der Waals surface area contributed by atoms with Crippen LogP contribution in [-0.4, -0.2) is 33.1 Å². The minimum Gasteiger partial charge on any atom is -0.474 e. The fraction of sp³-hybridized carbons (Fsp3) is 0.429. The van der Waals surface area contributed by atoms with E-state index in [2.05, 4.69) is 25.9 Å². The normalized spacial score (nSPS) is 12.5. The van der Waals surface area contributed by atoms with Gasteiger partial charge in [0.25, 0.3) is 0 Å². The molecular weight excluding hydrogens is 224 g/mol. The molecule has 1 unspecified atom stereocenters. The van der Waals surface area contributed by atoms with Gasteiger partial charge in [-0.3, -0.25) is 4.98 Å². The predicted octanol–water partition coefficient (Wildman–Crippen LogP) is 0.611. The van der Waals surface area contributed by atoms with Gasteiger partial charge in [-0.15, -0.1) is 0 Å². The van der Waals surface area contributed by atoms with Crippen LogP contribution in [-0.2, 0) is 0 Å². The van der Waals surface area contributed by atoms with Gasteiger partial charge >= 0.3 is 0 Å². The topological polar surface area (TPSA) is 55.2 Å². The zero-order chi connectivity index (χ0) is 8.81. The Kier molecular flexibility index (Phi) is 3.96. The Morgan fingerprint density at radius 2 is 2.42 bits per heavy atom. The summed E-state index contributed by atoms with van der Waals surface area (Å²) in [6.45, 7) is 0.226. The summed E-state index contributed by atoms with van der Waals surface area (Å²) >= 11 is 3.12. The van der Waals surface area contributed by atoms with Crippen LogP contribution < -0.4 is 4.74 Å². The van der Waals surface area contributed by atoms with E-state index in [-0.39, 0.29) is 6.61 Å². The molecule has 0 aliphatic carbocycles. The molecule has 1 N–H and O–H groups in total. The standard InChI is InChI=1S/C7H9BrN2O2/c8-3-6(11)5-12-7-4-9-1-2-10-7/h1-2,4,6,11H,3,5H2. The molecule has 1 aromatic heterocycles. The Morgan fingerprint density at radius 3 is 3.00 bits per heavy atom. The Labute approximate surface area is 78.7 Å². The van der Waals surface area contributed by atoms with Gasteiger partial charge in [0.2, 0.25) is 5.88 Å². The smallest absolute Gasteiger partial charge is 0.232 e. The van der Waals surface area contributed by atoms with Gasteiger partial charge in [0.15, 0.2) is 0 Å². The lowest BCUT2D eigenvalue weighted by Crippen LogP contribution is -2.18. The monoisotopic (exact) mass is 232 g/mol. The first-order valence-electron chi connectivity index (χ1n) is 3.45. The molecule has 0 bridgehead atoms. The van der Waals surface area contributed by atoms with Crippen LogP contribution in [0.25, 0.3) is 0 Å². The fourth-order valence-electron chi connectivity index (χ4n) is 0.586. The molecule has 1 heterocycles. The van der Waals surface area contributed by atoms with Crippen molar-refractivity contribution in [2.24, 2.45) is 0 Å². The third-order valence-electron chi connectivity index (χ3n) is 1.14. The molecule has 0 fully saturated rings. The van der Waals surface area contributed by atoms with Crippen molar-refractivity contribution >= 4 is 15.9 Å². The van der Waals surface area contributed by atoms with E-state index in [1.165, 1.54) is 12.4 Å². The summed E-state index contributed by atoms with van der Waals surface area (Å²) < 4.78 is 5.11. The van der Waals surface area contributed by atoms with E-state index < -0.39 is 6.10 Å². The number of ether oxygens (including phenoxy) is 1. The molecule has 1 aromatic rings. The maximum absolute atomic E-state index is 9.10. The van der Waals surface area contributed by atoms with Crippen LogP contribution in [0.15, 0.2) is 18.6 Å². The third kappa shape index (κ3) is 3.15. The molecule has 1 rings (SSSR count). The highest BCUT2D eigenvalue weighted by molar-refractivity contribution is 9.09. The van der Waals surface area contributed by atoms with Gasteiger partial charge in [0.05, 0.1) is 12.3 Å². The molecule has 0 spiro atoms. The maximum atomic E-state index is 9.10. The summed E-state index contributed by atoms with van der Waals surface area (Å²) in [5.41, 5.74) is 0. The predicted molar refractivity (Wildman–Crippen MR) is 47.3 cm³/mol. The van der Waals surface area contributed by atoms with Crippen molar-refractivity contribution in [1.29, 1.82) is 0 Å². The summed E-state index contributed by atoms with van der Waals surface area (Å²) in [7, 11) is 0. The number of aliphatic hydroxyl groups is 1. The Morgan fingerprint density at radius 1 is 1.58 bits per heavy atom. The van der Waals surface area contributed by atoms with Gasteiger partial charge in [0.1, 0.15) is 6.61 Å². The van der Waals surface area contributed by atoms with Crippen molar-refractivity contribution in [3.05, 3.63) is 18.6 Å². The highest BCUT2D eigenvalue weighted by atomic mass is 79.9. The number of nitrogens with zero attached hydrogens (tertiary/aromatic N) is 2. The second-order valence-electron chi connectivity index (χ2n) is 2.16. The zero-order valence-corrected chi connectivity index (χ0v) is 7.94. The Hall–Kier alpha value is -0.680. The van der Waals surface area contributed by atoms with Gasteiger partial charge in [-0.25, -0.2) is 4.98 Å². The minimum absolute atomic E-state index is 0.226. The van der Waals surface area contributed by atoms with Gasteiger partial charge in [-0.1, -0.05) is 15.9 Å². The van der Waals surface area contributed by atoms with Crippen molar-refractivity contribution in [3.8, 4) is 5.88 Å². The number of aliphatic hydroxyl groups excluding tert-OH is 1. The van der Waals surface area contributed by atoms with E-state index in [1.807, 2.05) is 0 Å². The number of alkyl halides is 1. The van der Waals surface area contributed by atoms with Crippen LogP contribution in [0.4, 0.5) is 0 Å². The number of halogens is 1. The number of hydrogen-bond acceptors (Lipinski definition) is 4. The van der Waals surface area contributed by atoms with E-state index in [1.54, 1.807) is 6.20 Å². The summed E-state index contributed by atoms with van der Waals surface area (Å²) in [6, 6.07) is 0. The molecule has 0 saturated heterocycles. The molecule has 0 aromatic carbocycles. The molecule has 0 saturated carbocycles. The summed E-state index contributed by atoms with van der Waals surface area (Å²) in [4.78, 5) is 7.68. The molecule has 5 heteroatoms. The fourth-order valence-corrected chi connectivity index (χ4v) is 0.773. The van der Waals surface area contributed by atoms with Crippen LogP contribution in [0, 0.1) is 0 Å². The first kappa shape index (κ1) is 9.41. The number of aromatic nitrogens is 2. The highest BCUT2D eigenvalue weighted by Crippen LogP contribution is 2.01. The first-order chi connectivity index (χ1) is 5.83. The molecule has 0 aliphatic rings. The average Bonchev–Trinajstić information content (AvgIpc) is 2.16. The van der Waals surface area contributed by atoms with Gasteiger partial charge < -0.3 is 9.84 Å². The SMILES string of the molecule is OC(CBr)COc1cnccn1.